The molecular formula is C12H13BrN4O. The summed E-state index contributed by atoms with van der Waals surface area (Å²) < 4.78 is 6.19. The molecule has 18 heavy (non-hydrogen) atoms. The number of nitrogens with two attached hydrogens (primary N) is 1. The van der Waals surface area contributed by atoms with E-state index in [4.69, 9.17) is 10.3 Å². The number of nitrogens with zero attached hydrogens (tertiary/aromatic N) is 3. The Morgan fingerprint density at radius 2 is 2.28 bits per heavy atom. The largest absolute Gasteiger partial charge is 0.339 e. The summed E-state index contributed by atoms with van der Waals surface area (Å²) in [5.74, 6) is 1.50. The highest BCUT2D eigenvalue weighted by Gasteiger charge is 2.28. The summed E-state index contributed by atoms with van der Waals surface area (Å²) >= 11 is 3.43. The third-order valence-electron chi connectivity index (χ3n) is 3.23. The number of rotatable bonds is 2. The van der Waals surface area contributed by atoms with Gasteiger partial charge in [0.1, 0.15) is 5.69 Å². The number of halogens is 1. The van der Waals surface area contributed by atoms with Crippen molar-refractivity contribution in [2.24, 2.45) is 5.73 Å². The first kappa shape index (κ1) is 11.8. The summed E-state index contributed by atoms with van der Waals surface area (Å²) in [5, 5.41) is 4.00. The Balaban J connectivity index is 1.88. The summed E-state index contributed by atoms with van der Waals surface area (Å²) in [5.41, 5.74) is 6.60. The third-order valence-corrected chi connectivity index (χ3v) is 3.87. The Morgan fingerprint density at radius 1 is 1.39 bits per heavy atom. The van der Waals surface area contributed by atoms with E-state index in [0.717, 1.165) is 23.7 Å². The molecule has 2 N–H and O–H groups in total. The second kappa shape index (κ2) is 4.78. The standard InChI is InChI=1S/C12H13BrN4O/c13-9-2-1-5-15-10(9)11-16-12(18-17-11)7-3-4-8(14)6-7/h1-2,5,7-8H,3-4,6,14H2/t7-,8+/m1/s1. The second-order valence-electron chi connectivity index (χ2n) is 4.56. The summed E-state index contributed by atoms with van der Waals surface area (Å²) in [6.45, 7) is 0. The van der Waals surface area contributed by atoms with Crippen LogP contribution in [0.2, 0.25) is 0 Å². The van der Waals surface area contributed by atoms with Crippen molar-refractivity contribution < 1.29 is 4.52 Å². The molecule has 0 spiro atoms. The van der Waals surface area contributed by atoms with E-state index in [1.807, 2.05) is 12.1 Å². The molecule has 6 heteroatoms. The Bertz CT molecular complexity index is 557. The predicted molar refractivity (Wildman–Crippen MR) is 69.8 cm³/mol. The van der Waals surface area contributed by atoms with Crippen LogP contribution in [0.1, 0.15) is 31.1 Å². The van der Waals surface area contributed by atoms with Crippen molar-refractivity contribution in [2.45, 2.75) is 31.2 Å². The average molecular weight is 309 g/mol. The molecule has 0 amide bonds. The van der Waals surface area contributed by atoms with Crippen LogP contribution < -0.4 is 5.73 Å². The first-order valence-corrected chi connectivity index (χ1v) is 6.73. The minimum Gasteiger partial charge on any atom is -0.339 e. The van der Waals surface area contributed by atoms with Crippen LogP contribution in [0.15, 0.2) is 27.3 Å². The molecule has 1 fully saturated rings. The smallest absolute Gasteiger partial charge is 0.230 e. The van der Waals surface area contributed by atoms with Gasteiger partial charge >= 0.3 is 0 Å². The molecule has 0 aliphatic heterocycles. The van der Waals surface area contributed by atoms with Crippen molar-refractivity contribution in [1.82, 2.24) is 15.1 Å². The Kier molecular flexibility index (Phi) is 3.13. The van der Waals surface area contributed by atoms with Crippen LogP contribution in [-0.2, 0) is 0 Å². The molecule has 0 aromatic carbocycles. The van der Waals surface area contributed by atoms with Gasteiger partial charge in [0.15, 0.2) is 0 Å². The fraction of sp³-hybridized carbons (Fsp3) is 0.417. The van der Waals surface area contributed by atoms with E-state index >= 15 is 0 Å². The van der Waals surface area contributed by atoms with E-state index in [2.05, 4.69) is 31.1 Å². The number of hydrogen-bond acceptors (Lipinski definition) is 5. The lowest BCUT2D eigenvalue weighted by Gasteiger charge is -2.01. The van der Waals surface area contributed by atoms with Gasteiger partial charge in [-0.3, -0.25) is 4.98 Å². The van der Waals surface area contributed by atoms with Crippen molar-refractivity contribution in [3.63, 3.8) is 0 Å². The lowest BCUT2D eigenvalue weighted by Crippen LogP contribution is -2.14. The summed E-state index contributed by atoms with van der Waals surface area (Å²) in [6, 6.07) is 4.01. The topological polar surface area (TPSA) is 77.8 Å². The Hall–Kier alpha value is -1.27. The number of pyridine rings is 1. The van der Waals surface area contributed by atoms with E-state index in [-0.39, 0.29) is 6.04 Å². The third kappa shape index (κ3) is 2.18. The zero-order chi connectivity index (χ0) is 12.5. The van der Waals surface area contributed by atoms with Crippen LogP contribution in [0.25, 0.3) is 11.5 Å². The Morgan fingerprint density at radius 3 is 3.00 bits per heavy atom. The normalized spacial score (nSPS) is 23.4. The highest BCUT2D eigenvalue weighted by atomic mass is 79.9. The molecule has 1 saturated carbocycles. The molecule has 2 heterocycles. The van der Waals surface area contributed by atoms with Crippen LogP contribution in [0.5, 0.6) is 0 Å². The fourth-order valence-electron chi connectivity index (χ4n) is 2.29. The molecule has 1 aliphatic rings. The maximum Gasteiger partial charge on any atom is 0.230 e. The van der Waals surface area contributed by atoms with Gasteiger partial charge in [-0.2, -0.15) is 4.98 Å². The second-order valence-corrected chi connectivity index (χ2v) is 5.41. The molecular weight excluding hydrogens is 296 g/mol. The molecule has 3 rings (SSSR count). The Labute approximate surface area is 113 Å². The van der Waals surface area contributed by atoms with E-state index in [1.54, 1.807) is 6.20 Å². The van der Waals surface area contributed by atoms with Gasteiger partial charge in [0, 0.05) is 22.6 Å². The van der Waals surface area contributed by atoms with Crippen molar-refractivity contribution in [3.05, 3.63) is 28.7 Å². The first-order chi connectivity index (χ1) is 8.74. The molecule has 0 radical (unpaired) electrons. The van der Waals surface area contributed by atoms with Crippen molar-refractivity contribution in [2.75, 3.05) is 0 Å². The molecule has 2 atom stereocenters. The summed E-state index contributed by atoms with van der Waals surface area (Å²) in [7, 11) is 0. The minimum absolute atomic E-state index is 0.256. The van der Waals surface area contributed by atoms with E-state index < -0.39 is 0 Å². The van der Waals surface area contributed by atoms with Crippen LogP contribution in [0.4, 0.5) is 0 Å². The van der Waals surface area contributed by atoms with Crippen LogP contribution >= 0.6 is 15.9 Å². The van der Waals surface area contributed by atoms with Gasteiger partial charge in [-0.15, -0.1) is 0 Å². The summed E-state index contributed by atoms with van der Waals surface area (Å²) in [4.78, 5) is 8.68. The molecule has 5 nitrogen and oxygen atoms in total. The SMILES string of the molecule is N[C@H]1CC[C@@H](c2nc(-c3ncccc3Br)no2)C1. The number of aromatic nitrogens is 3. The zero-order valence-corrected chi connectivity index (χ0v) is 11.3. The quantitative estimate of drug-likeness (QED) is 0.922. The van der Waals surface area contributed by atoms with Crippen molar-refractivity contribution in [1.29, 1.82) is 0 Å². The zero-order valence-electron chi connectivity index (χ0n) is 9.71. The molecule has 2 aromatic rings. The van der Waals surface area contributed by atoms with Crippen LogP contribution in [0.3, 0.4) is 0 Å². The van der Waals surface area contributed by atoms with Gasteiger partial charge in [-0.1, -0.05) is 5.16 Å². The van der Waals surface area contributed by atoms with Gasteiger partial charge in [0.2, 0.25) is 11.7 Å². The van der Waals surface area contributed by atoms with Crippen molar-refractivity contribution in [3.8, 4) is 11.5 Å². The molecule has 0 saturated heterocycles. The molecule has 2 aromatic heterocycles. The lowest BCUT2D eigenvalue weighted by atomic mass is 10.1. The van der Waals surface area contributed by atoms with E-state index in [0.29, 0.717) is 23.3 Å². The molecule has 94 valence electrons. The molecule has 0 unspecified atom stereocenters. The average Bonchev–Trinajstić information content (AvgIpc) is 2.98. The van der Waals surface area contributed by atoms with E-state index in [9.17, 15) is 0 Å². The monoisotopic (exact) mass is 308 g/mol. The highest BCUT2D eigenvalue weighted by molar-refractivity contribution is 9.10. The molecule has 0 bridgehead atoms. The van der Waals surface area contributed by atoms with Gasteiger partial charge in [-0.25, -0.2) is 0 Å². The highest BCUT2D eigenvalue weighted by Crippen LogP contribution is 2.33. The van der Waals surface area contributed by atoms with Crippen molar-refractivity contribution >= 4 is 15.9 Å². The van der Waals surface area contributed by atoms with Gasteiger partial charge in [0.25, 0.3) is 0 Å². The lowest BCUT2D eigenvalue weighted by molar-refractivity contribution is 0.353. The predicted octanol–water partition coefficient (Wildman–Crippen LogP) is 2.49. The maximum absolute atomic E-state index is 5.89. The first-order valence-electron chi connectivity index (χ1n) is 5.94. The number of hydrogen-bond donors (Lipinski definition) is 1. The van der Waals surface area contributed by atoms with E-state index in [1.165, 1.54) is 0 Å². The van der Waals surface area contributed by atoms with Crippen LogP contribution in [0, 0.1) is 0 Å². The fourth-order valence-corrected chi connectivity index (χ4v) is 2.72. The van der Waals surface area contributed by atoms with Gasteiger partial charge in [0.05, 0.1) is 0 Å². The molecule has 1 aliphatic carbocycles. The maximum atomic E-state index is 5.89. The van der Waals surface area contributed by atoms with Crippen LogP contribution in [-0.4, -0.2) is 21.2 Å². The minimum atomic E-state index is 0.256. The van der Waals surface area contributed by atoms with Gasteiger partial charge in [-0.05, 0) is 47.3 Å². The van der Waals surface area contributed by atoms with Gasteiger partial charge < -0.3 is 10.3 Å². The summed E-state index contributed by atoms with van der Waals surface area (Å²) in [6.07, 6.45) is 4.68.